The number of hydrogen-bond acceptors (Lipinski definition) is 3. The summed E-state index contributed by atoms with van der Waals surface area (Å²) in [5.74, 6) is -0.551. The van der Waals surface area contributed by atoms with Crippen LogP contribution in [0.25, 0.3) is 5.65 Å². The van der Waals surface area contributed by atoms with Crippen LogP contribution < -0.4 is 4.74 Å². The molecule has 0 saturated heterocycles. The van der Waals surface area contributed by atoms with E-state index in [2.05, 4.69) is 27.8 Å². The van der Waals surface area contributed by atoms with E-state index in [0.717, 1.165) is 35.9 Å². The summed E-state index contributed by atoms with van der Waals surface area (Å²) >= 11 is 5.34. The number of rotatable bonds is 9. The molecule has 3 aromatic rings. The molecule has 0 saturated carbocycles. The molecule has 2 heterocycles. The zero-order valence-electron chi connectivity index (χ0n) is 15.6. The largest absolute Gasteiger partial charge is 0.489 e. The maximum atomic E-state index is 14.6. The van der Waals surface area contributed by atoms with Gasteiger partial charge in [-0.3, -0.25) is 9.20 Å². The molecule has 1 aromatic carbocycles. The van der Waals surface area contributed by atoms with E-state index in [9.17, 15) is 9.18 Å². The Morgan fingerprint density at radius 3 is 2.86 bits per heavy atom. The first kappa shape index (κ1) is 21.2. The Kier molecular flexibility index (Phi) is 7.45. The van der Waals surface area contributed by atoms with E-state index < -0.39 is 5.82 Å². The molecular formula is C21H21BrFIN2O2. The maximum absolute atomic E-state index is 14.6. The number of unbranched alkanes of at least 4 members (excludes halogenated alkanes) is 1. The van der Waals surface area contributed by atoms with Crippen molar-refractivity contribution in [1.29, 1.82) is 0 Å². The number of pyridine rings is 1. The minimum atomic E-state index is -0.520. The van der Waals surface area contributed by atoms with Crippen molar-refractivity contribution in [3.63, 3.8) is 0 Å². The van der Waals surface area contributed by atoms with E-state index in [1.54, 1.807) is 10.5 Å². The predicted octanol–water partition coefficient (Wildman–Crippen LogP) is 5.82. The number of aromatic nitrogens is 2. The number of carbonyl (C=O) groups excluding carboxylic acids is 1. The molecule has 28 heavy (non-hydrogen) atoms. The van der Waals surface area contributed by atoms with E-state index in [1.807, 2.05) is 47.0 Å². The number of ketones is 1. The number of carbonyl (C=O) groups is 1. The van der Waals surface area contributed by atoms with Crippen LogP contribution >= 0.6 is 38.5 Å². The molecule has 0 amide bonds. The van der Waals surface area contributed by atoms with Crippen LogP contribution in [0.1, 0.15) is 47.9 Å². The van der Waals surface area contributed by atoms with Crippen LogP contribution in [0, 0.1) is 9.39 Å². The van der Waals surface area contributed by atoms with Crippen molar-refractivity contribution in [2.75, 3.05) is 11.9 Å². The number of benzene rings is 1. The molecule has 0 unspecified atom stereocenters. The molecule has 2 aromatic heterocycles. The van der Waals surface area contributed by atoms with Crippen LogP contribution in [0.3, 0.4) is 0 Å². The highest BCUT2D eigenvalue weighted by Gasteiger charge is 2.22. The van der Waals surface area contributed by atoms with Gasteiger partial charge in [0.05, 0.1) is 15.9 Å². The fourth-order valence-corrected chi connectivity index (χ4v) is 3.98. The van der Waals surface area contributed by atoms with Gasteiger partial charge < -0.3 is 4.74 Å². The molecule has 0 N–H and O–H groups in total. The number of alkyl halides is 1. The number of ether oxygens (including phenoxy) is 1. The third kappa shape index (κ3) is 4.56. The van der Waals surface area contributed by atoms with Crippen LogP contribution in [0.15, 0.2) is 36.5 Å². The van der Waals surface area contributed by atoms with Crippen LogP contribution in [0.2, 0.25) is 0 Å². The van der Waals surface area contributed by atoms with Crippen molar-refractivity contribution >= 4 is 50.0 Å². The molecule has 148 valence electrons. The van der Waals surface area contributed by atoms with Gasteiger partial charge in [0.15, 0.2) is 11.6 Å². The summed E-state index contributed by atoms with van der Waals surface area (Å²) in [7, 11) is 0. The van der Waals surface area contributed by atoms with Crippen molar-refractivity contribution in [2.24, 2.45) is 0 Å². The second-order valence-corrected chi connectivity index (χ2v) is 8.38. The number of fused-ring (bicyclic) bond motifs is 1. The summed E-state index contributed by atoms with van der Waals surface area (Å²) in [6, 6.07) is 8.57. The van der Waals surface area contributed by atoms with Gasteiger partial charge in [0, 0.05) is 17.1 Å². The predicted molar refractivity (Wildman–Crippen MR) is 120 cm³/mol. The van der Waals surface area contributed by atoms with Gasteiger partial charge in [-0.05, 0) is 66.1 Å². The lowest BCUT2D eigenvalue weighted by Crippen LogP contribution is -2.10. The molecule has 0 radical (unpaired) electrons. The van der Waals surface area contributed by atoms with E-state index >= 15 is 0 Å². The summed E-state index contributed by atoms with van der Waals surface area (Å²) in [5.41, 5.74) is 2.29. The molecule has 0 spiro atoms. The van der Waals surface area contributed by atoms with E-state index in [1.165, 1.54) is 6.07 Å². The maximum Gasteiger partial charge on any atom is 0.211 e. The summed E-state index contributed by atoms with van der Waals surface area (Å²) in [4.78, 5) is 17.9. The number of imidazole rings is 1. The molecule has 7 heteroatoms. The standard InChI is InChI=1S/C21H21BrFIN2O2/c1-2-3-7-17-19(26-10-5-4-8-18(26)25-17)20(27)14-12-15(23)21(16(24)13-14)28-11-6-9-22/h4-5,8,10,12-13H,2-3,6-7,9,11H2,1H3. The lowest BCUT2D eigenvalue weighted by atomic mass is 10.0. The second-order valence-electron chi connectivity index (χ2n) is 6.43. The Bertz CT molecular complexity index is 967. The molecule has 0 bridgehead atoms. The second kappa shape index (κ2) is 9.82. The van der Waals surface area contributed by atoms with E-state index in [-0.39, 0.29) is 11.5 Å². The molecule has 4 nitrogen and oxygen atoms in total. The summed E-state index contributed by atoms with van der Waals surface area (Å²) in [5, 5.41) is 0.788. The third-order valence-electron chi connectivity index (χ3n) is 4.37. The average molecular weight is 559 g/mol. The average Bonchev–Trinajstić information content (AvgIpc) is 3.06. The lowest BCUT2D eigenvalue weighted by molar-refractivity contribution is 0.103. The highest BCUT2D eigenvalue weighted by atomic mass is 127. The quantitative estimate of drug-likeness (QED) is 0.144. The van der Waals surface area contributed by atoms with Crippen molar-refractivity contribution in [3.05, 3.63) is 62.9 Å². The SMILES string of the molecule is CCCCc1nc2ccccn2c1C(=O)c1cc(F)c(OCCCBr)c(I)c1. The van der Waals surface area contributed by atoms with Gasteiger partial charge >= 0.3 is 0 Å². The zero-order valence-corrected chi connectivity index (χ0v) is 19.3. The fraction of sp³-hybridized carbons (Fsp3) is 0.333. The van der Waals surface area contributed by atoms with Crippen molar-refractivity contribution in [1.82, 2.24) is 9.38 Å². The number of hydrogen-bond donors (Lipinski definition) is 0. The normalized spacial score (nSPS) is 11.1. The highest BCUT2D eigenvalue weighted by Crippen LogP contribution is 2.28. The van der Waals surface area contributed by atoms with Gasteiger partial charge in [-0.15, -0.1) is 0 Å². The van der Waals surface area contributed by atoms with E-state index in [0.29, 0.717) is 27.9 Å². The molecule has 0 aliphatic rings. The van der Waals surface area contributed by atoms with Crippen LogP contribution in [-0.2, 0) is 6.42 Å². The molecular weight excluding hydrogens is 538 g/mol. The van der Waals surface area contributed by atoms with Crippen LogP contribution in [0.5, 0.6) is 5.75 Å². The zero-order chi connectivity index (χ0) is 20.1. The van der Waals surface area contributed by atoms with Gasteiger partial charge in [-0.1, -0.05) is 35.3 Å². The summed E-state index contributed by atoms with van der Waals surface area (Å²) in [6.07, 6.45) is 5.26. The number of nitrogens with zero attached hydrogens (tertiary/aromatic N) is 2. The highest BCUT2D eigenvalue weighted by molar-refractivity contribution is 14.1. The van der Waals surface area contributed by atoms with Gasteiger partial charge in [-0.2, -0.15) is 0 Å². The molecule has 0 aliphatic heterocycles. The fourth-order valence-electron chi connectivity index (χ4n) is 3.00. The van der Waals surface area contributed by atoms with Crippen molar-refractivity contribution < 1.29 is 13.9 Å². The Morgan fingerprint density at radius 1 is 1.32 bits per heavy atom. The Hall–Kier alpha value is -1.48. The Morgan fingerprint density at radius 2 is 2.14 bits per heavy atom. The number of aryl methyl sites for hydroxylation is 1. The van der Waals surface area contributed by atoms with Gasteiger partial charge in [-0.25, -0.2) is 9.37 Å². The van der Waals surface area contributed by atoms with Gasteiger partial charge in [0.1, 0.15) is 11.3 Å². The molecule has 0 aliphatic carbocycles. The first-order valence-corrected chi connectivity index (χ1v) is 11.4. The minimum Gasteiger partial charge on any atom is -0.489 e. The molecule has 0 fully saturated rings. The minimum absolute atomic E-state index is 0.197. The first-order chi connectivity index (χ1) is 13.6. The lowest BCUT2D eigenvalue weighted by Gasteiger charge is -2.11. The first-order valence-electron chi connectivity index (χ1n) is 9.25. The van der Waals surface area contributed by atoms with Gasteiger partial charge in [0.25, 0.3) is 0 Å². The van der Waals surface area contributed by atoms with Crippen LogP contribution in [0.4, 0.5) is 4.39 Å². The van der Waals surface area contributed by atoms with Crippen LogP contribution in [-0.4, -0.2) is 27.1 Å². The smallest absolute Gasteiger partial charge is 0.211 e. The molecule has 0 atom stereocenters. The van der Waals surface area contributed by atoms with Gasteiger partial charge in [0.2, 0.25) is 5.78 Å². The van der Waals surface area contributed by atoms with Crippen molar-refractivity contribution in [3.8, 4) is 5.75 Å². The third-order valence-corrected chi connectivity index (χ3v) is 5.73. The Labute approximate surface area is 185 Å². The molecule has 3 rings (SSSR count). The topological polar surface area (TPSA) is 43.6 Å². The summed E-state index contributed by atoms with van der Waals surface area (Å²) < 4.78 is 22.6. The van der Waals surface area contributed by atoms with E-state index in [4.69, 9.17) is 4.74 Å². The van der Waals surface area contributed by atoms with Crippen molar-refractivity contribution in [2.45, 2.75) is 32.6 Å². The summed E-state index contributed by atoms with van der Waals surface area (Å²) in [6.45, 7) is 2.52. The Balaban J connectivity index is 2.00. The monoisotopic (exact) mass is 558 g/mol. The number of halogens is 3.